The van der Waals surface area contributed by atoms with Crippen molar-refractivity contribution in [3.8, 4) is 11.5 Å². The zero-order chi connectivity index (χ0) is 25.2. The van der Waals surface area contributed by atoms with Gasteiger partial charge in [-0.05, 0) is 60.0 Å². The second kappa shape index (κ2) is 9.86. The minimum Gasteiger partial charge on any atom is -0.489 e. The highest BCUT2D eigenvalue weighted by Gasteiger charge is 2.24. The van der Waals surface area contributed by atoms with Gasteiger partial charge in [0, 0.05) is 23.1 Å². The lowest BCUT2D eigenvalue weighted by Crippen LogP contribution is -2.32. The molecule has 1 aliphatic heterocycles. The molecule has 5 nitrogen and oxygen atoms in total. The third kappa shape index (κ3) is 4.68. The molecule has 0 spiro atoms. The van der Waals surface area contributed by atoms with E-state index >= 15 is 0 Å². The number of nitrogens with zero attached hydrogens (tertiary/aromatic N) is 1. The first-order chi connectivity index (χ1) is 18.2. The lowest BCUT2D eigenvalue weighted by Gasteiger charge is -2.31. The molecule has 0 saturated heterocycles. The fourth-order valence-electron chi connectivity index (χ4n) is 4.83. The van der Waals surface area contributed by atoms with Crippen molar-refractivity contribution in [3.05, 3.63) is 135 Å². The summed E-state index contributed by atoms with van der Waals surface area (Å²) in [6.45, 7) is 3.52. The van der Waals surface area contributed by atoms with E-state index in [1.54, 1.807) is 0 Å². The van der Waals surface area contributed by atoms with E-state index in [0.717, 1.165) is 44.8 Å². The quantitative estimate of drug-likeness (QED) is 0.251. The van der Waals surface area contributed by atoms with Crippen LogP contribution in [-0.2, 0) is 19.6 Å². The fourth-order valence-corrected chi connectivity index (χ4v) is 4.83. The van der Waals surface area contributed by atoms with Crippen molar-refractivity contribution in [1.82, 2.24) is 0 Å². The van der Waals surface area contributed by atoms with Gasteiger partial charge in [0.1, 0.15) is 23.7 Å². The Morgan fingerprint density at radius 1 is 0.838 bits per heavy atom. The van der Waals surface area contributed by atoms with Crippen LogP contribution >= 0.6 is 0 Å². The summed E-state index contributed by atoms with van der Waals surface area (Å²) in [5.41, 5.74) is 6.06. The second-order valence-corrected chi connectivity index (χ2v) is 9.31. The molecule has 4 aromatic carbocycles. The van der Waals surface area contributed by atoms with Crippen molar-refractivity contribution in [2.45, 2.75) is 26.5 Å². The summed E-state index contributed by atoms with van der Waals surface area (Å²) >= 11 is 0. The molecule has 1 aliphatic rings. The third-order valence-electron chi connectivity index (χ3n) is 6.91. The standard InChI is InChI=1S/C32H27NO4/c1-22-27-16-17-30-29(31(27)37-32(34)28(22)18-23-8-4-2-5-9-23)19-33(21-36-30)25-12-14-26(15-13-25)35-20-24-10-6-3-7-11-24/h2-17H,18-21H2,1H3. The Morgan fingerprint density at radius 2 is 1.54 bits per heavy atom. The highest BCUT2D eigenvalue weighted by atomic mass is 16.5. The van der Waals surface area contributed by atoms with E-state index in [-0.39, 0.29) is 5.63 Å². The molecule has 0 amide bonds. The summed E-state index contributed by atoms with van der Waals surface area (Å²) in [6.07, 6.45) is 0.545. The predicted molar refractivity (Wildman–Crippen MR) is 145 cm³/mol. The summed E-state index contributed by atoms with van der Waals surface area (Å²) in [4.78, 5) is 15.2. The van der Waals surface area contributed by atoms with Crippen LogP contribution < -0.4 is 20.0 Å². The van der Waals surface area contributed by atoms with E-state index in [9.17, 15) is 4.79 Å². The minimum absolute atomic E-state index is 0.292. The van der Waals surface area contributed by atoms with Crippen LogP contribution in [0.5, 0.6) is 11.5 Å². The number of ether oxygens (including phenoxy) is 2. The summed E-state index contributed by atoms with van der Waals surface area (Å²) in [5, 5.41) is 0.944. The molecule has 1 aromatic heterocycles. The van der Waals surface area contributed by atoms with E-state index in [0.29, 0.717) is 37.4 Å². The Bertz CT molecular complexity index is 1590. The van der Waals surface area contributed by atoms with Crippen LogP contribution in [0, 0.1) is 6.92 Å². The van der Waals surface area contributed by atoms with Gasteiger partial charge in [0.05, 0.1) is 12.1 Å². The van der Waals surface area contributed by atoms with Crippen molar-refractivity contribution in [3.63, 3.8) is 0 Å². The molecular formula is C32H27NO4. The summed E-state index contributed by atoms with van der Waals surface area (Å²) in [7, 11) is 0. The van der Waals surface area contributed by atoms with E-state index in [4.69, 9.17) is 13.9 Å². The molecule has 0 atom stereocenters. The lowest BCUT2D eigenvalue weighted by atomic mass is 9.97. The van der Waals surface area contributed by atoms with Gasteiger partial charge in [-0.15, -0.1) is 0 Å². The van der Waals surface area contributed by atoms with Gasteiger partial charge < -0.3 is 18.8 Å². The molecule has 0 bridgehead atoms. The van der Waals surface area contributed by atoms with Crippen LogP contribution in [0.4, 0.5) is 5.69 Å². The van der Waals surface area contributed by atoms with Crippen LogP contribution in [0.15, 0.2) is 106 Å². The number of benzene rings is 4. The maximum Gasteiger partial charge on any atom is 0.340 e. The predicted octanol–water partition coefficient (Wildman–Crippen LogP) is 6.63. The number of aryl methyl sites for hydroxylation is 1. The Morgan fingerprint density at radius 3 is 2.27 bits per heavy atom. The maximum absolute atomic E-state index is 13.1. The van der Waals surface area contributed by atoms with Gasteiger partial charge in [0.25, 0.3) is 0 Å². The Balaban J connectivity index is 1.25. The molecule has 5 heteroatoms. The SMILES string of the molecule is Cc1c(Cc2ccccc2)c(=O)oc2c3c(ccc12)OCN(c1ccc(OCc2ccccc2)cc1)C3. The Hall–Kier alpha value is -4.51. The van der Waals surface area contributed by atoms with Gasteiger partial charge in [-0.1, -0.05) is 60.7 Å². The second-order valence-electron chi connectivity index (χ2n) is 9.31. The molecule has 0 aliphatic carbocycles. The molecular weight excluding hydrogens is 462 g/mol. The van der Waals surface area contributed by atoms with Crippen LogP contribution in [0.25, 0.3) is 11.0 Å². The molecule has 0 unspecified atom stereocenters. The van der Waals surface area contributed by atoms with Gasteiger partial charge in [0.2, 0.25) is 0 Å². The van der Waals surface area contributed by atoms with Gasteiger partial charge in [-0.25, -0.2) is 4.79 Å². The van der Waals surface area contributed by atoms with E-state index < -0.39 is 0 Å². The summed E-state index contributed by atoms with van der Waals surface area (Å²) in [6, 6.07) is 32.1. The van der Waals surface area contributed by atoms with Crippen molar-refractivity contribution >= 4 is 16.7 Å². The number of fused-ring (bicyclic) bond motifs is 3. The Kier molecular flexibility index (Phi) is 6.11. The maximum atomic E-state index is 13.1. The van der Waals surface area contributed by atoms with E-state index in [1.807, 2.05) is 104 Å². The first-order valence-corrected chi connectivity index (χ1v) is 12.4. The number of rotatable bonds is 6. The molecule has 0 saturated carbocycles. The first kappa shape index (κ1) is 22.9. The molecule has 2 heterocycles. The highest BCUT2D eigenvalue weighted by Crippen LogP contribution is 2.35. The molecule has 0 N–H and O–H groups in total. The Labute approximate surface area is 215 Å². The van der Waals surface area contributed by atoms with Gasteiger partial charge >= 0.3 is 5.63 Å². The fraction of sp³-hybridized carbons (Fsp3) is 0.156. The van der Waals surface area contributed by atoms with Gasteiger partial charge in [-0.2, -0.15) is 0 Å². The summed E-state index contributed by atoms with van der Waals surface area (Å²) in [5.74, 6) is 1.56. The molecule has 0 radical (unpaired) electrons. The molecule has 184 valence electrons. The van der Waals surface area contributed by atoms with Crippen LogP contribution in [0.3, 0.4) is 0 Å². The normalized spacial score (nSPS) is 12.7. The van der Waals surface area contributed by atoms with Crippen molar-refractivity contribution in [2.75, 3.05) is 11.6 Å². The van der Waals surface area contributed by atoms with Gasteiger partial charge in [0.15, 0.2) is 6.73 Å². The molecule has 0 fully saturated rings. The smallest absolute Gasteiger partial charge is 0.340 e. The van der Waals surface area contributed by atoms with Crippen molar-refractivity contribution in [2.24, 2.45) is 0 Å². The number of hydrogen-bond acceptors (Lipinski definition) is 5. The third-order valence-corrected chi connectivity index (χ3v) is 6.91. The van der Waals surface area contributed by atoms with E-state index in [2.05, 4.69) is 4.90 Å². The summed E-state index contributed by atoms with van der Waals surface area (Å²) < 4.78 is 17.9. The van der Waals surface area contributed by atoms with Crippen LogP contribution in [0.1, 0.15) is 27.8 Å². The molecule has 37 heavy (non-hydrogen) atoms. The zero-order valence-electron chi connectivity index (χ0n) is 20.6. The number of anilines is 1. The van der Waals surface area contributed by atoms with Crippen molar-refractivity contribution < 1.29 is 13.9 Å². The van der Waals surface area contributed by atoms with E-state index in [1.165, 1.54) is 0 Å². The topological polar surface area (TPSA) is 51.9 Å². The van der Waals surface area contributed by atoms with Crippen LogP contribution in [0.2, 0.25) is 0 Å². The van der Waals surface area contributed by atoms with Crippen molar-refractivity contribution in [1.29, 1.82) is 0 Å². The van der Waals surface area contributed by atoms with Gasteiger partial charge in [-0.3, -0.25) is 0 Å². The highest BCUT2D eigenvalue weighted by molar-refractivity contribution is 5.86. The monoisotopic (exact) mass is 489 g/mol. The molecule has 5 aromatic rings. The number of hydrogen-bond donors (Lipinski definition) is 0. The average Bonchev–Trinajstić information content (AvgIpc) is 2.95. The van der Waals surface area contributed by atoms with Crippen LogP contribution in [-0.4, -0.2) is 6.73 Å². The largest absolute Gasteiger partial charge is 0.489 e. The average molecular weight is 490 g/mol. The zero-order valence-corrected chi connectivity index (χ0v) is 20.6. The molecule has 6 rings (SSSR count). The first-order valence-electron chi connectivity index (χ1n) is 12.4. The lowest BCUT2D eigenvalue weighted by molar-refractivity contribution is 0.288. The minimum atomic E-state index is -0.292.